The molecule has 0 radical (unpaired) electrons. The minimum Gasteiger partial charge on any atom is -0.346 e. The Balaban J connectivity index is 1.99. The number of hydrogen-bond acceptors (Lipinski definition) is 2. The Kier molecular flexibility index (Phi) is 4.91. The van der Waals surface area contributed by atoms with Crippen molar-refractivity contribution in [2.45, 2.75) is 52.5 Å². The molecule has 2 rings (SSSR count). The Morgan fingerprint density at radius 2 is 1.70 bits per heavy atom. The van der Waals surface area contributed by atoms with Crippen LogP contribution in [0.4, 0.5) is 0 Å². The largest absolute Gasteiger partial charge is 0.346 e. The Labute approximate surface area is 122 Å². The van der Waals surface area contributed by atoms with Gasteiger partial charge in [-0.05, 0) is 45.2 Å². The van der Waals surface area contributed by atoms with Gasteiger partial charge in [-0.15, -0.1) is 0 Å². The Bertz CT molecular complexity index is 521. The summed E-state index contributed by atoms with van der Waals surface area (Å²) in [6.45, 7) is 7.59. The van der Waals surface area contributed by atoms with Crippen LogP contribution >= 0.6 is 0 Å². The van der Waals surface area contributed by atoms with E-state index in [2.05, 4.69) is 30.5 Å². The predicted molar refractivity (Wildman–Crippen MR) is 82.4 cm³/mol. The molecule has 5 heteroatoms. The average Bonchev–Trinajstić information content (AvgIpc) is 2.76. The summed E-state index contributed by atoms with van der Waals surface area (Å²) in [6.07, 6.45) is 3.53. The Morgan fingerprint density at radius 3 is 2.20 bits per heavy atom. The molecule has 0 bridgehead atoms. The minimum atomic E-state index is -3.03. The maximum atomic E-state index is 12.2. The highest BCUT2D eigenvalue weighted by Crippen LogP contribution is 2.27. The molecule has 0 unspecified atom stereocenters. The Hall–Kier alpha value is -0.810. The lowest BCUT2D eigenvalue weighted by Gasteiger charge is -2.33. The van der Waals surface area contributed by atoms with E-state index in [1.165, 1.54) is 11.4 Å². The summed E-state index contributed by atoms with van der Waals surface area (Å²) in [5, 5.41) is 0. The summed E-state index contributed by atoms with van der Waals surface area (Å²) in [5.41, 5.74) is 2.55. The van der Waals surface area contributed by atoms with Crippen LogP contribution in [0.5, 0.6) is 0 Å². The van der Waals surface area contributed by atoms with E-state index in [9.17, 15) is 8.42 Å². The lowest BCUT2D eigenvalue weighted by atomic mass is 10.1. The lowest BCUT2D eigenvalue weighted by Crippen LogP contribution is -2.40. The molecule has 114 valence electrons. The molecule has 1 fully saturated rings. The topological polar surface area (TPSA) is 42.3 Å². The SMILES string of the molecule is CCCCS(=O)(=O)N1CCC(n2c(C)ccc2C)CC1. The first-order valence-electron chi connectivity index (χ1n) is 7.58. The van der Waals surface area contributed by atoms with Crippen molar-refractivity contribution in [3.05, 3.63) is 23.5 Å². The van der Waals surface area contributed by atoms with Crippen molar-refractivity contribution in [2.75, 3.05) is 18.8 Å². The van der Waals surface area contributed by atoms with E-state index < -0.39 is 10.0 Å². The van der Waals surface area contributed by atoms with Crippen LogP contribution in [-0.2, 0) is 10.0 Å². The van der Waals surface area contributed by atoms with Gasteiger partial charge in [-0.3, -0.25) is 0 Å². The summed E-state index contributed by atoms with van der Waals surface area (Å²) < 4.78 is 28.4. The molecule has 1 saturated heterocycles. The third-order valence-electron chi connectivity index (χ3n) is 4.26. The molecule has 0 amide bonds. The van der Waals surface area contributed by atoms with Gasteiger partial charge in [0.15, 0.2) is 0 Å². The highest BCUT2D eigenvalue weighted by atomic mass is 32.2. The summed E-state index contributed by atoms with van der Waals surface area (Å²) in [5.74, 6) is 0.301. The lowest BCUT2D eigenvalue weighted by molar-refractivity contribution is 0.270. The third kappa shape index (κ3) is 3.26. The first-order valence-corrected chi connectivity index (χ1v) is 9.19. The fourth-order valence-electron chi connectivity index (χ4n) is 3.09. The smallest absolute Gasteiger partial charge is 0.214 e. The van der Waals surface area contributed by atoms with Gasteiger partial charge in [-0.25, -0.2) is 12.7 Å². The fourth-order valence-corrected chi connectivity index (χ4v) is 4.77. The van der Waals surface area contributed by atoms with Crippen molar-refractivity contribution in [2.24, 2.45) is 0 Å². The molecule has 0 spiro atoms. The second-order valence-electron chi connectivity index (χ2n) is 5.79. The average molecular weight is 298 g/mol. The number of aryl methyl sites for hydroxylation is 2. The number of sulfonamides is 1. The summed E-state index contributed by atoms with van der Waals surface area (Å²) in [4.78, 5) is 0. The molecule has 0 aromatic carbocycles. The molecule has 20 heavy (non-hydrogen) atoms. The van der Waals surface area contributed by atoms with Gasteiger partial charge in [-0.1, -0.05) is 13.3 Å². The maximum Gasteiger partial charge on any atom is 0.214 e. The van der Waals surface area contributed by atoms with Gasteiger partial charge in [0.05, 0.1) is 5.75 Å². The quantitative estimate of drug-likeness (QED) is 0.839. The summed E-state index contributed by atoms with van der Waals surface area (Å²) in [6, 6.07) is 4.72. The highest BCUT2D eigenvalue weighted by molar-refractivity contribution is 7.89. The van der Waals surface area contributed by atoms with Crippen molar-refractivity contribution in [3.63, 3.8) is 0 Å². The van der Waals surface area contributed by atoms with E-state index in [1.54, 1.807) is 4.31 Å². The van der Waals surface area contributed by atoms with Crippen molar-refractivity contribution in [1.29, 1.82) is 0 Å². The molecule has 1 aromatic rings. The number of nitrogens with zero attached hydrogens (tertiary/aromatic N) is 2. The van der Waals surface area contributed by atoms with Gasteiger partial charge in [0, 0.05) is 30.5 Å². The molecule has 1 aliphatic heterocycles. The first-order chi connectivity index (χ1) is 9.45. The molecule has 1 aromatic heterocycles. The van der Waals surface area contributed by atoms with Gasteiger partial charge in [0.1, 0.15) is 0 Å². The van der Waals surface area contributed by atoms with Gasteiger partial charge in [-0.2, -0.15) is 0 Å². The van der Waals surface area contributed by atoms with Crippen molar-refractivity contribution < 1.29 is 8.42 Å². The third-order valence-corrected chi connectivity index (χ3v) is 6.22. The van der Waals surface area contributed by atoms with Crippen LogP contribution in [0, 0.1) is 13.8 Å². The maximum absolute atomic E-state index is 12.2. The normalized spacial score (nSPS) is 18.6. The van der Waals surface area contributed by atoms with Crippen LogP contribution in [0.1, 0.15) is 50.0 Å². The molecule has 1 aliphatic rings. The van der Waals surface area contributed by atoms with E-state index >= 15 is 0 Å². The number of unbranched alkanes of at least 4 members (excludes halogenated alkanes) is 1. The number of rotatable bonds is 5. The van der Waals surface area contributed by atoms with Crippen molar-refractivity contribution in [1.82, 2.24) is 8.87 Å². The summed E-state index contributed by atoms with van der Waals surface area (Å²) in [7, 11) is -3.03. The van der Waals surface area contributed by atoms with Gasteiger partial charge < -0.3 is 4.57 Å². The van der Waals surface area contributed by atoms with Crippen LogP contribution in [0.25, 0.3) is 0 Å². The second-order valence-corrected chi connectivity index (χ2v) is 7.87. The molecule has 0 atom stereocenters. The van der Waals surface area contributed by atoms with E-state index in [0.29, 0.717) is 24.9 Å². The molecule has 2 heterocycles. The monoisotopic (exact) mass is 298 g/mol. The molecule has 0 aliphatic carbocycles. The predicted octanol–water partition coefficient (Wildman–Crippen LogP) is 2.87. The van der Waals surface area contributed by atoms with Crippen LogP contribution in [-0.4, -0.2) is 36.1 Å². The second kappa shape index (κ2) is 6.31. The number of aromatic nitrogens is 1. The minimum absolute atomic E-state index is 0.301. The fraction of sp³-hybridized carbons (Fsp3) is 0.733. The Morgan fingerprint density at radius 1 is 1.15 bits per heavy atom. The number of hydrogen-bond donors (Lipinski definition) is 0. The van der Waals surface area contributed by atoms with Crippen LogP contribution in [0.3, 0.4) is 0 Å². The van der Waals surface area contributed by atoms with Gasteiger partial charge >= 0.3 is 0 Å². The molecule has 4 nitrogen and oxygen atoms in total. The van der Waals surface area contributed by atoms with Crippen molar-refractivity contribution in [3.8, 4) is 0 Å². The van der Waals surface area contributed by atoms with Crippen molar-refractivity contribution >= 4 is 10.0 Å². The zero-order valence-corrected chi connectivity index (χ0v) is 13.6. The number of piperidine rings is 1. The van der Waals surface area contributed by atoms with Crippen LogP contribution in [0.15, 0.2) is 12.1 Å². The van der Waals surface area contributed by atoms with E-state index in [1.807, 2.05) is 6.92 Å². The van der Waals surface area contributed by atoms with E-state index in [4.69, 9.17) is 0 Å². The first kappa shape index (κ1) is 15.6. The zero-order chi connectivity index (χ0) is 14.8. The van der Waals surface area contributed by atoms with Gasteiger partial charge in [0.25, 0.3) is 0 Å². The standard InChI is InChI=1S/C15H26N2O2S/c1-4-5-12-20(18,19)16-10-8-15(9-11-16)17-13(2)6-7-14(17)3/h6-7,15H,4-5,8-12H2,1-3H3. The molecular weight excluding hydrogens is 272 g/mol. The van der Waals surface area contributed by atoms with E-state index in [-0.39, 0.29) is 0 Å². The highest BCUT2D eigenvalue weighted by Gasteiger charge is 2.28. The van der Waals surface area contributed by atoms with Crippen LogP contribution < -0.4 is 0 Å². The van der Waals surface area contributed by atoms with E-state index in [0.717, 1.165) is 25.7 Å². The molecular formula is C15H26N2O2S. The summed E-state index contributed by atoms with van der Waals surface area (Å²) >= 11 is 0. The molecule has 0 saturated carbocycles. The zero-order valence-electron chi connectivity index (χ0n) is 12.8. The van der Waals surface area contributed by atoms with Gasteiger partial charge in [0.2, 0.25) is 10.0 Å². The van der Waals surface area contributed by atoms with Crippen LogP contribution in [0.2, 0.25) is 0 Å². The molecule has 0 N–H and O–H groups in total.